The summed E-state index contributed by atoms with van der Waals surface area (Å²) in [6, 6.07) is 17.8. The van der Waals surface area contributed by atoms with E-state index < -0.39 is 22.5 Å². The smallest absolute Gasteiger partial charge is 0.387 e. The predicted octanol–water partition coefficient (Wildman–Crippen LogP) is 4.25. The van der Waals surface area contributed by atoms with Crippen molar-refractivity contribution in [3.63, 3.8) is 0 Å². The molecular formula is C23H21F2N3O5S. The van der Waals surface area contributed by atoms with Crippen molar-refractivity contribution < 1.29 is 31.5 Å². The second-order valence-corrected chi connectivity index (χ2v) is 8.53. The van der Waals surface area contributed by atoms with Crippen LogP contribution >= 0.6 is 0 Å². The summed E-state index contributed by atoms with van der Waals surface area (Å²) in [5.41, 5.74) is 3.04. The van der Waals surface area contributed by atoms with Crippen molar-refractivity contribution in [1.82, 2.24) is 5.43 Å². The summed E-state index contributed by atoms with van der Waals surface area (Å²) in [4.78, 5) is 12.4. The molecule has 11 heteroatoms. The monoisotopic (exact) mass is 489 g/mol. The third kappa shape index (κ3) is 6.07. The minimum Gasteiger partial charge on any atom is -0.495 e. The molecule has 0 saturated carbocycles. The molecule has 3 rings (SSSR count). The number of nitrogens with zero attached hydrogens (tertiary/aromatic N) is 1. The van der Waals surface area contributed by atoms with Crippen LogP contribution in [0.4, 0.5) is 14.5 Å². The van der Waals surface area contributed by atoms with Crippen LogP contribution in [0.3, 0.4) is 0 Å². The van der Waals surface area contributed by atoms with Gasteiger partial charge in [0, 0.05) is 11.1 Å². The minimum atomic E-state index is -4.03. The lowest BCUT2D eigenvalue weighted by Crippen LogP contribution is -2.20. The number of alkyl halides is 2. The zero-order chi connectivity index (χ0) is 24.7. The molecule has 0 spiro atoms. The molecule has 0 bridgehead atoms. The number of carbonyl (C=O) groups excluding carboxylic acids is 1. The number of nitrogens with one attached hydrogen (secondary N) is 2. The first-order chi connectivity index (χ1) is 16.2. The number of amides is 1. The molecule has 0 radical (unpaired) electrons. The van der Waals surface area contributed by atoms with Crippen LogP contribution < -0.4 is 19.6 Å². The molecule has 0 aliphatic rings. The van der Waals surface area contributed by atoms with Crippen LogP contribution in [-0.4, -0.2) is 33.8 Å². The summed E-state index contributed by atoms with van der Waals surface area (Å²) in [6.07, 6.45) is 0. The van der Waals surface area contributed by atoms with Gasteiger partial charge in [0.1, 0.15) is 11.5 Å². The number of benzene rings is 3. The summed E-state index contributed by atoms with van der Waals surface area (Å²) < 4.78 is 62.9. The number of ether oxygens (including phenoxy) is 2. The molecule has 0 saturated heterocycles. The Kier molecular flexibility index (Phi) is 7.79. The first kappa shape index (κ1) is 24.6. The molecule has 0 aliphatic carbocycles. The highest BCUT2D eigenvalue weighted by Gasteiger charge is 2.18. The van der Waals surface area contributed by atoms with Crippen LogP contribution in [0.2, 0.25) is 0 Å². The highest BCUT2D eigenvalue weighted by molar-refractivity contribution is 7.92. The van der Waals surface area contributed by atoms with Crippen molar-refractivity contribution in [2.45, 2.75) is 18.4 Å². The molecule has 178 valence electrons. The van der Waals surface area contributed by atoms with E-state index in [1.165, 1.54) is 56.5 Å². The summed E-state index contributed by atoms with van der Waals surface area (Å²) in [7, 11) is -2.61. The van der Waals surface area contributed by atoms with E-state index >= 15 is 0 Å². The molecule has 2 N–H and O–H groups in total. The van der Waals surface area contributed by atoms with Gasteiger partial charge in [0.25, 0.3) is 15.9 Å². The first-order valence-electron chi connectivity index (χ1n) is 9.86. The summed E-state index contributed by atoms with van der Waals surface area (Å²) in [5, 5.41) is 3.93. The number of hydrogen-bond acceptors (Lipinski definition) is 6. The lowest BCUT2D eigenvalue weighted by Gasteiger charge is -2.12. The van der Waals surface area contributed by atoms with E-state index in [4.69, 9.17) is 4.74 Å². The average molecular weight is 490 g/mol. The summed E-state index contributed by atoms with van der Waals surface area (Å²) in [6.45, 7) is -1.51. The van der Waals surface area contributed by atoms with Gasteiger partial charge in [-0.25, -0.2) is 13.8 Å². The van der Waals surface area contributed by atoms with Gasteiger partial charge in [0.2, 0.25) is 0 Å². The molecule has 1 amide bonds. The Morgan fingerprint density at radius 2 is 1.65 bits per heavy atom. The van der Waals surface area contributed by atoms with E-state index in [-0.39, 0.29) is 33.2 Å². The number of rotatable bonds is 9. The van der Waals surface area contributed by atoms with Gasteiger partial charge in [-0.05, 0) is 49.4 Å². The van der Waals surface area contributed by atoms with Crippen LogP contribution in [0.5, 0.6) is 11.5 Å². The lowest BCUT2D eigenvalue weighted by atomic mass is 10.1. The predicted molar refractivity (Wildman–Crippen MR) is 123 cm³/mol. The van der Waals surface area contributed by atoms with Gasteiger partial charge in [0.15, 0.2) is 0 Å². The molecule has 0 unspecified atom stereocenters. The number of para-hydroxylation sites is 3. The van der Waals surface area contributed by atoms with Gasteiger partial charge < -0.3 is 9.47 Å². The Bertz CT molecular complexity index is 1310. The largest absolute Gasteiger partial charge is 0.495 e. The minimum absolute atomic E-state index is 0.0246. The Morgan fingerprint density at radius 3 is 2.35 bits per heavy atom. The maximum atomic E-state index is 12.8. The number of hydrazone groups is 1. The zero-order valence-corrected chi connectivity index (χ0v) is 19.0. The van der Waals surface area contributed by atoms with Crippen LogP contribution in [0.1, 0.15) is 22.8 Å². The highest BCUT2D eigenvalue weighted by atomic mass is 32.2. The fraction of sp³-hybridized carbons (Fsp3) is 0.130. The van der Waals surface area contributed by atoms with Gasteiger partial charge in [-0.3, -0.25) is 9.52 Å². The highest BCUT2D eigenvalue weighted by Crippen LogP contribution is 2.26. The van der Waals surface area contributed by atoms with E-state index in [2.05, 4.69) is 20.0 Å². The van der Waals surface area contributed by atoms with Crippen LogP contribution in [0.15, 0.2) is 82.8 Å². The summed E-state index contributed by atoms with van der Waals surface area (Å²) in [5.74, 6) is -0.453. The van der Waals surface area contributed by atoms with Crippen molar-refractivity contribution in [3.8, 4) is 11.5 Å². The Balaban J connectivity index is 1.79. The normalized spacial score (nSPS) is 11.7. The Labute approximate surface area is 195 Å². The van der Waals surface area contributed by atoms with Crippen molar-refractivity contribution >= 4 is 27.3 Å². The van der Waals surface area contributed by atoms with Gasteiger partial charge in [-0.15, -0.1) is 0 Å². The topological polar surface area (TPSA) is 106 Å². The van der Waals surface area contributed by atoms with E-state index in [1.54, 1.807) is 30.3 Å². The average Bonchev–Trinajstić information content (AvgIpc) is 2.82. The molecule has 34 heavy (non-hydrogen) atoms. The molecule has 0 aliphatic heterocycles. The third-order valence-corrected chi connectivity index (χ3v) is 5.94. The van der Waals surface area contributed by atoms with Crippen LogP contribution in [0.25, 0.3) is 0 Å². The van der Waals surface area contributed by atoms with Crippen molar-refractivity contribution in [3.05, 3.63) is 83.9 Å². The maximum Gasteiger partial charge on any atom is 0.387 e. The van der Waals surface area contributed by atoms with Crippen LogP contribution in [0, 0.1) is 0 Å². The second-order valence-electron chi connectivity index (χ2n) is 6.85. The number of methoxy groups -OCH3 is 1. The molecule has 8 nitrogen and oxygen atoms in total. The number of carbonyl (C=O) groups is 1. The second kappa shape index (κ2) is 10.8. The van der Waals surface area contributed by atoms with Crippen molar-refractivity contribution in [1.29, 1.82) is 0 Å². The molecule has 3 aromatic carbocycles. The fourth-order valence-corrected chi connectivity index (χ4v) is 4.08. The van der Waals surface area contributed by atoms with Crippen LogP contribution in [-0.2, 0) is 10.0 Å². The van der Waals surface area contributed by atoms with E-state index in [9.17, 15) is 22.0 Å². The van der Waals surface area contributed by atoms with E-state index in [0.29, 0.717) is 5.75 Å². The van der Waals surface area contributed by atoms with E-state index in [1.807, 2.05) is 0 Å². The van der Waals surface area contributed by atoms with Gasteiger partial charge >= 0.3 is 6.61 Å². The SMILES string of the molecule is COc1ccccc1NS(=O)(=O)c1cccc(C(=O)N/N=C(\C)c2ccccc2OC(F)F)c1. The number of sulfonamides is 1. The quantitative estimate of drug-likeness (QED) is 0.345. The van der Waals surface area contributed by atoms with Gasteiger partial charge in [-0.2, -0.15) is 13.9 Å². The zero-order valence-electron chi connectivity index (χ0n) is 18.2. The Hall–Kier alpha value is -3.99. The summed E-state index contributed by atoms with van der Waals surface area (Å²) >= 11 is 0. The third-order valence-electron chi connectivity index (χ3n) is 4.58. The van der Waals surface area contributed by atoms with Crippen molar-refractivity contribution in [2.24, 2.45) is 5.10 Å². The molecule has 0 heterocycles. The molecule has 0 fully saturated rings. The number of hydrogen-bond donors (Lipinski definition) is 2. The molecule has 0 atom stereocenters. The first-order valence-corrected chi connectivity index (χ1v) is 11.3. The molecule has 0 aromatic heterocycles. The van der Waals surface area contributed by atoms with E-state index in [0.717, 1.165) is 0 Å². The standard InChI is InChI=1S/C23H21F2N3O5S/c1-15(18-10-3-5-12-20(18)33-23(24)25)26-27-22(29)16-8-7-9-17(14-16)34(30,31)28-19-11-4-6-13-21(19)32-2/h3-14,23,28H,1-2H3,(H,27,29)/b26-15+. The number of halogens is 2. The molecule has 3 aromatic rings. The maximum absolute atomic E-state index is 12.8. The lowest BCUT2D eigenvalue weighted by molar-refractivity contribution is -0.0499. The van der Waals surface area contributed by atoms with Crippen molar-refractivity contribution in [2.75, 3.05) is 11.8 Å². The molecular weight excluding hydrogens is 468 g/mol. The van der Waals surface area contributed by atoms with Gasteiger partial charge in [-0.1, -0.05) is 30.3 Å². The number of anilines is 1. The Morgan fingerprint density at radius 1 is 0.971 bits per heavy atom. The van der Waals surface area contributed by atoms with Gasteiger partial charge in [0.05, 0.1) is 23.4 Å². The fourth-order valence-electron chi connectivity index (χ4n) is 2.96.